The van der Waals surface area contributed by atoms with Gasteiger partial charge in [-0.25, -0.2) is 0 Å². The van der Waals surface area contributed by atoms with Crippen LogP contribution in [0.4, 0.5) is 0 Å². The summed E-state index contributed by atoms with van der Waals surface area (Å²) in [5.74, 6) is 6.33. The van der Waals surface area contributed by atoms with Gasteiger partial charge in [-0.2, -0.15) is 0 Å². The van der Waals surface area contributed by atoms with Gasteiger partial charge in [-0.1, -0.05) is 11.8 Å². The summed E-state index contributed by atoms with van der Waals surface area (Å²) in [5.41, 5.74) is 1.01. The molecule has 0 unspecified atom stereocenters. The van der Waals surface area contributed by atoms with Crippen molar-refractivity contribution >= 4 is 0 Å². The van der Waals surface area contributed by atoms with Gasteiger partial charge in [0.05, 0.1) is 0 Å². The molecule has 2 heterocycles. The van der Waals surface area contributed by atoms with E-state index >= 15 is 0 Å². The normalized spacial score (nSPS) is 16.0. The van der Waals surface area contributed by atoms with Crippen LogP contribution in [0.15, 0.2) is 24.5 Å². The number of hydrogen-bond acceptors (Lipinski definition) is 2. The van der Waals surface area contributed by atoms with Gasteiger partial charge in [0.2, 0.25) is 0 Å². The Kier molecular flexibility index (Phi) is 3.76. The molecule has 0 bridgehead atoms. The van der Waals surface area contributed by atoms with Gasteiger partial charge >= 0.3 is 0 Å². The van der Waals surface area contributed by atoms with Crippen molar-refractivity contribution in [1.82, 2.24) is 9.88 Å². The largest absolute Gasteiger partial charge is 0.302 e. The van der Waals surface area contributed by atoms with Crippen molar-refractivity contribution in [2.75, 3.05) is 19.6 Å². The molecular formula is C13H16N2. The molecule has 1 aromatic heterocycles. The van der Waals surface area contributed by atoms with Crippen molar-refractivity contribution in [3.05, 3.63) is 30.1 Å². The number of pyridine rings is 1. The number of likely N-dealkylation sites (tertiary alicyclic amines) is 1. The van der Waals surface area contributed by atoms with E-state index in [2.05, 4.69) is 21.7 Å². The zero-order chi connectivity index (χ0) is 10.3. The first-order valence-corrected chi connectivity index (χ1v) is 5.56. The fourth-order valence-electron chi connectivity index (χ4n) is 1.82. The zero-order valence-electron chi connectivity index (χ0n) is 8.95. The van der Waals surface area contributed by atoms with Crippen LogP contribution in [-0.2, 0) is 0 Å². The minimum atomic E-state index is 0.967. The Hall–Kier alpha value is -1.33. The minimum absolute atomic E-state index is 0.967. The number of aromatic nitrogens is 1. The highest BCUT2D eigenvalue weighted by Gasteiger charge is 2.09. The lowest BCUT2D eigenvalue weighted by Crippen LogP contribution is -2.19. The molecule has 0 N–H and O–H groups in total. The van der Waals surface area contributed by atoms with Crippen LogP contribution in [0.25, 0.3) is 0 Å². The molecule has 2 heteroatoms. The summed E-state index contributed by atoms with van der Waals surface area (Å²) in [4.78, 5) is 6.51. The summed E-state index contributed by atoms with van der Waals surface area (Å²) in [6.07, 6.45) is 7.26. The molecule has 1 aliphatic rings. The van der Waals surface area contributed by atoms with Crippen molar-refractivity contribution in [3.8, 4) is 11.8 Å². The Morgan fingerprint density at radius 3 is 2.93 bits per heavy atom. The van der Waals surface area contributed by atoms with Gasteiger partial charge in [0, 0.05) is 30.9 Å². The molecule has 0 spiro atoms. The summed E-state index contributed by atoms with van der Waals surface area (Å²) in [6, 6.07) is 3.92. The molecule has 0 aromatic carbocycles. The predicted molar refractivity (Wildman–Crippen MR) is 61.4 cm³/mol. The molecule has 0 radical (unpaired) electrons. The smallest absolute Gasteiger partial charge is 0.0428 e. The van der Waals surface area contributed by atoms with Crippen LogP contribution in [0.1, 0.15) is 24.8 Å². The molecule has 1 aromatic rings. The highest BCUT2D eigenvalue weighted by Crippen LogP contribution is 2.06. The first-order chi connectivity index (χ1) is 7.45. The molecular weight excluding hydrogens is 184 g/mol. The van der Waals surface area contributed by atoms with Gasteiger partial charge in [0.15, 0.2) is 0 Å². The van der Waals surface area contributed by atoms with Crippen molar-refractivity contribution in [2.24, 2.45) is 0 Å². The second kappa shape index (κ2) is 5.53. The minimum Gasteiger partial charge on any atom is -0.302 e. The fraction of sp³-hybridized carbons (Fsp3) is 0.462. The van der Waals surface area contributed by atoms with Crippen LogP contribution in [0.2, 0.25) is 0 Å². The summed E-state index contributed by atoms with van der Waals surface area (Å²) in [5, 5.41) is 0. The number of rotatable bonds is 2. The molecule has 1 aliphatic heterocycles. The van der Waals surface area contributed by atoms with Crippen LogP contribution in [0.3, 0.4) is 0 Å². The van der Waals surface area contributed by atoms with E-state index in [1.165, 1.54) is 25.9 Å². The van der Waals surface area contributed by atoms with E-state index in [1.807, 2.05) is 18.3 Å². The van der Waals surface area contributed by atoms with Crippen molar-refractivity contribution in [1.29, 1.82) is 0 Å². The van der Waals surface area contributed by atoms with Crippen LogP contribution >= 0.6 is 0 Å². The Morgan fingerprint density at radius 2 is 2.20 bits per heavy atom. The third kappa shape index (κ3) is 3.38. The molecule has 2 rings (SSSR count). The van der Waals surface area contributed by atoms with Gasteiger partial charge in [0.25, 0.3) is 0 Å². The summed E-state index contributed by atoms with van der Waals surface area (Å²) in [7, 11) is 0. The lowest BCUT2D eigenvalue weighted by atomic mass is 10.3. The first-order valence-electron chi connectivity index (χ1n) is 5.56. The first kappa shape index (κ1) is 10.2. The average molecular weight is 200 g/mol. The Balaban J connectivity index is 1.75. The molecule has 0 saturated carbocycles. The second-order valence-electron chi connectivity index (χ2n) is 3.84. The fourth-order valence-corrected chi connectivity index (χ4v) is 1.82. The van der Waals surface area contributed by atoms with Gasteiger partial charge < -0.3 is 4.90 Å². The third-order valence-electron chi connectivity index (χ3n) is 2.65. The number of hydrogen-bond donors (Lipinski definition) is 0. The number of nitrogens with zero attached hydrogens (tertiary/aromatic N) is 2. The van der Waals surface area contributed by atoms with Crippen LogP contribution in [0.5, 0.6) is 0 Å². The maximum atomic E-state index is 4.03. The Labute approximate surface area is 91.3 Å². The van der Waals surface area contributed by atoms with Gasteiger partial charge in [-0.05, 0) is 38.1 Å². The van der Waals surface area contributed by atoms with Crippen molar-refractivity contribution in [2.45, 2.75) is 19.3 Å². The molecule has 15 heavy (non-hydrogen) atoms. The quantitative estimate of drug-likeness (QED) is 0.678. The van der Waals surface area contributed by atoms with Gasteiger partial charge in [-0.3, -0.25) is 4.98 Å². The SMILES string of the molecule is C(#Cc1cccnc1)CCN1CCCC1. The zero-order valence-corrected chi connectivity index (χ0v) is 8.95. The lowest BCUT2D eigenvalue weighted by Gasteiger charge is -2.11. The molecule has 0 amide bonds. The summed E-state index contributed by atoms with van der Waals surface area (Å²) >= 11 is 0. The molecule has 1 saturated heterocycles. The van der Waals surface area contributed by atoms with Crippen LogP contribution in [-0.4, -0.2) is 29.5 Å². The average Bonchev–Trinajstić information content (AvgIpc) is 2.79. The van der Waals surface area contributed by atoms with Gasteiger partial charge in [0.1, 0.15) is 0 Å². The Bertz CT molecular complexity index is 342. The highest BCUT2D eigenvalue weighted by molar-refractivity contribution is 5.30. The maximum absolute atomic E-state index is 4.03. The molecule has 0 atom stereocenters. The van der Waals surface area contributed by atoms with E-state index in [1.54, 1.807) is 6.20 Å². The molecule has 2 nitrogen and oxygen atoms in total. The van der Waals surface area contributed by atoms with Crippen LogP contribution < -0.4 is 0 Å². The van der Waals surface area contributed by atoms with E-state index in [-0.39, 0.29) is 0 Å². The van der Waals surface area contributed by atoms with Gasteiger partial charge in [-0.15, -0.1) is 0 Å². The molecule has 78 valence electrons. The summed E-state index contributed by atoms with van der Waals surface area (Å²) in [6.45, 7) is 3.64. The topological polar surface area (TPSA) is 16.1 Å². The van der Waals surface area contributed by atoms with E-state index < -0.39 is 0 Å². The third-order valence-corrected chi connectivity index (χ3v) is 2.65. The van der Waals surface area contributed by atoms with E-state index in [0.717, 1.165) is 18.5 Å². The molecule has 0 aliphatic carbocycles. The maximum Gasteiger partial charge on any atom is 0.0428 e. The van der Waals surface area contributed by atoms with Crippen LogP contribution in [0, 0.1) is 11.8 Å². The van der Waals surface area contributed by atoms with Crippen molar-refractivity contribution < 1.29 is 0 Å². The predicted octanol–water partition coefficient (Wildman–Crippen LogP) is 1.92. The standard InChI is InChI=1S/C13H16N2/c1(2-9-15-10-3-4-11-15)6-13-7-5-8-14-12-13/h5,7-8,12H,2-4,9-11H2. The second-order valence-corrected chi connectivity index (χ2v) is 3.84. The van der Waals surface area contributed by atoms with E-state index in [9.17, 15) is 0 Å². The Morgan fingerprint density at radius 1 is 1.33 bits per heavy atom. The van der Waals surface area contributed by atoms with E-state index in [0.29, 0.717) is 0 Å². The summed E-state index contributed by atoms with van der Waals surface area (Å²) < 4.78 is 0. The van der Waals surface area contributed by atoms with Crippen molar-refractivity contribution in [3.63, 3.8) is 0 Å². The lowest BCUT2D eigenvalue weighted by molar-refractivity contribution is 0.348. The molecule has 1 fully saturated rings. The van der Waals surface area contributed by atoms with E-state index in [4.69, 9.17) is 0 Å². The highest BCUT2D eigenvalue weighted by atomic mass is 15.1. The monoisotopic (exact) mass is 200 g/mol.